The molecule has 1 aliphatic carbocycles. The van der Waals surface area contributed by atoms with E-state index >= 15 is 0 Å². The van der Waals surface area contributed by atoms with Gasteiger partial charge in [-0.2, -0.15) is 5.10 Å². The summed E-state index contributed by atoms with van der Waals surface area (Å²) in [5.41, 5.74) is 12.3. The number of benzene rings is 1. The standard InChI is InChI=1S/C16H21N5O2.C2H4O2/c17-12-6-11(7-13(12)22)16-19-15(8-14(18)23)20-21(16)9-10-4-2-1-3-5-10;1-2(3)4/h1-5,11-13,22H,6-9,17H2,(H2,18,23);1H3,(H,3,4)/t11-,12+,13+;/m0./s1. The third kappa shape index (κ3) is 6.15. The van der Waals surface area contributed by atoms with Crippen molar-refractivity contribution in [2.75, 3.05) is 0 Å². The van der Waals surface area contributed by atoms with Crippen molar-refractivity contribution in [2.45, 2.75) is 50.8 Å². The lowest BCUT2D eigenvalue weighted by molar-refractivity contribution is -0.134. The Morgan fingerprint density at radius 3 is 2.41 bits per heavy atom. The summed E-state index contributed by atoms with van der Waals surface area (Å²) in [4.78, 5) is 24.6. The van der Waals surface area contributed by atoms with Gasteiger partial charge < -0.3 is 21.7 Å². The number of nitrogens with two attached hydrogens (primary N) is 2. The number of nitrogens with zero attached hydrogens (tertiary/aromatic N) is 3. The average molecular weight is 375 g/mol. The van der Waals surface area contributed by atoms with Crippen LogP contribution in [0.15, 0.2) is 30.3 Å². The van der Waals surface area contributed by atoms with Gasteiger partial charge in [-0.25, -0.2) is 9.67 Å². The summed E-state index contributed by atoms with van der Waals surface area (Å²) in [6.45, 7) is 1.64. The zero-order valence-corrected chi connectivity index (χ0v) is 15.2. The number of aliphatic hydroxyl groups excluding tert-OH is 1. The van der Waals surface area contributed by atoms with E-state index in [2.05, 4.69) is 10.1 Å². The van der Waals surface area contributed by atoms with Gasteiger partial charge in [-0.15, -0.1) is 0 Å². The van der Waals surface area contributed by atoms with E-state index in [0.29, 0.717) is 25.2 Å². The van der Waals surface area contributed by atoms with Crippen LogP contribution in [0.25, 0.3) is 0 Å². The van der Waals surface area contributed by atoms with Gasteiger partial charge in [-0.3, -0.25) is 9.59 Å². The number of hydrogen-bond donors (Lipinski definition) is 4. The molecule has 6 N–H and O–H groups in total. The zero-order chi connectivity index (χ0) is 20.0. The highest BCUT2D eigenvalue weighted by Gasteiger charge is 2.34. The fourth-order valence-corrected chi connectivity index (χ4v) is 3.07. The number of hydrogen-bond acceptors (Lipinski definition) is 6. The number of amides is 1. The summed E-state index contributed by atoms with van der Waals surface area (Å²) in [6, 6.07) is 9.65. The molecule has 1 amide bonds. The second kappa shape index (κ2) is 9.24. The maximum absolute atomic E-state index is 11.1. The first kappa shape index (κ1) is 20.5. The molecule has 1 aliphatic rings. The largest absolute Gasteiger partial charge is 0.481 e. The molecule has 0 bridgehead atoms. The Hall–Kier alpha value is -2.78. The van der Waals surface area contributed by atoms with Gasteiger partial charge in [0.1, 0.15) is 5.82 Å². The van der Waals surface area contributed by atoms with Crippen LogP contribution in [0.2, 0.25) is 0 Å². The fourth-order valence-electron chi connectivity index (χ4n) is 3.07. The fraction of sp³-hybridized carbons (Fsp3) is 0.444. The molecule has 0 saturated heterocycles. The third-order valence-electron chi connectivity index (χ3n) is 4.19. The molecule has 0 spiro atoms. The van der Waals surface area contributed by atoms with E-state index in [9.17, 15) is 9.90 Å². The van der Waals surface area contributed by atoms with E-state index in [4.69, 9.17) is 21.4 Å². The molecule has 2 aromatic rings. The molecule has 1 fully saturated rings. The Balaban J connectivity index is 0.000000596. The molecule has 9 heteroatoms. The Morgan fingerprint density at radius 1 is 1.26 bits per heavy atom. The third-order valence-corrected chi connectivity index (χ3v) is 4.19. The maximum Gasteiger partial charge on any atom is 0.300 e. The minimum atomic E-state index is -0.833. The maximum atomic E-state index is 11.1. The minimum Gasteiger partial charge on any atom is -0.481 e. The Morgan fingerprint density at radius 2 is 1.89 bits per heavy atom. The van der Waals surface area contributed by atoms with Crippen molar-refractivity contribution >= 4 is 11.9 Å². The smallest absolute Gasteiger partial charge is 0.300 e. The number of carbonyl (C=O) groups is 2. The summed E-state index contributed by atoms with van der Waals surface area (Å²) < 4.78 is 1.79. The van der Waals surface area contributed by atoms with Gasteiger partial charge in [0, 0.05) is 18.9 Å². The van der Waals surface area contributed by atoms with Gasteiger partial charge in [0.2, 0.25) is 5.91 Å². The zero-order valence-electron chi connectivity index (χ0n) is 15.2. The van der Waals surface area contributed by atoms with Crippen LogP contribution < -0.4 is 11.5 Å². The van der Waals surface area contributed by atoms with Crippen LogP contribution in [-0.4, -0.2) is 49.0 Å². The number of primary amides is 1. The monoisotopic (exact) mass is 375 g/mol. The minimum absolute atomic E-state index is 0.0100. The average Bonchev–Trinajstić information content (AvgIpc) is 3.10. The van der Waals surface area contributed by atoms with Crippen molar-refractivity contribution in [3.05, 3.63) is 47.5 Å². The SMILES string of the molecule is CC(=O)O.NC(=O)Cc1nc([C@H]2C[C@@H](N)[C@H](O)C2)n(Cc2ccccc2)n1. The number of aliphatic hydroxyl groups is 1. The first-order valence-corrected chi connectivity index (χ1v) is 8.65. The van der Waals surface area contributed by atoms with E-state index in [1.54, 1.807) is 4.68 Å². The number of rotatable bonds is 5. The van der Waals surface area contributed by atoms with Crippen molar-refractivity contribution in [2.24, 2.45) is 11.5 Å². The van der Waals surface area contributed by atoms with Crippen molar-refractivity contribution in [1.82, 2.24) is 14.8 Å². The van der Waals surface area contributed by atoms with Crippen LogP contribution >= 0.6 is 0 Å². The number of carbonyl (C=O) groups excluding carboxylic acids is 1. The number of carboxylic acid groups (broad SMARTS) is 1. The molecule has 27 heavy (non-hydrogen) atoms. The van der Waals surface area contributed by atoms with E-state index in [0.717, 1.165) is 18.3 Å². The van der Waals surface area contributed by atoms with Crippen LogP contribution in [0.4, 0.5) is 0 Å². The molecule has 9 nitrogen and oxygen atoms in total. The van der Waals surface area contributed by atoms with Crippen LogP contribution in [0, 0.1) is 0 Å². The predicted molar refractivity (Wildman–Crippen MR) is 97.7 cm³/mol. The lowest BCUT2D eigenvalue weighted by Gasteiger charge is -2.11. The van der Waals surface area contributed by atoms with E-state index in [1.165, 1.54) is 0 Å². The molecule has 0 radical (unpaired) electrons. The highest BCUT2D eigenvalue weighted by molar-refractivity contribution is 5.75. The summed E-state index contributed by atoms with van der Waals surface area (Å²) in [5.74, 6) is -0.0788. The van der Waals surface area contributed by atoms with Crippen molar-refractivity contribution in [1.29, 1.82) is 0 Å². The molecule has 0 unspecified atom stereocenters. The van der Waals surface area contributed by atoms with Crippen LogP contribution in [0.5, 0.6) is 0 Å². The van der Waals surface area contributed by atoms with Gasteiger partial charge in [0.25, 0.3) is 5.97 Å². The molecule has 3 rings (SSSR count). The summed E-state index contributed by atoms with van der Waals surface area (Å²) >= 11 is 0. The Kier molecular flexibility index (Phi) is 7.03. The van der Waals surface area contributed by atoms with Gasteiger partial charge in [0.15, 0.2) is 5.82 Å². The molecular weight excluding hydrogens is 350 g/mol. The highest BCUT2D eigenvalue weighted by atomic mass is 16.4. The first-order valence-electron chi connectivity index (χ1n) is 8.65. The lowest BCUT2D eigenvalue weighted by atomic mass is 10.1. The topological polar surface area (TPSA) is 157 Å². The van der Waals surface area contributed by atoms with E-state index < -0.39 is 18.0 Å². The number of aliphatic carboxylic acids is 1. The Bertz CT molecular complexity index is 763. The number of carboxylic acids is 1. The van der Waals surface area contributed by atoms with Crippen LogP contribution in [-0.2, 0) is 22.6 Å². The molecule has 146 valence electrons. The lowest BCUT2D eigenvalue weighted by Crippen LogP contribution is -2.28. The van der Waals surface area contributed by atoms with E-state index in [-0.39, 0.29) is 18.4 Å². The van der Waals surface area contributed by atoms with Gasteiger partial charge in [-0.1, -0.05) is 30.3 Å². The quantitative estimate of drug-likeness (QED) is 0.573. The highest BCUT2D eigenvalue weighted by Crippen LogP contribution is 2.33. The van der Waals surface area contributed by atoms with Gasteiger partial charge >= 0.3 is 0 Å². The predicted octanol–water partition coefficient (Wildman–Crippen LogP) is 0.0107. The second-order valence-electron chi connectivity index (χ2n) is 6.59. The normalized spacial score (nSPS) is 21.4. The molecular formula is C18H25N5O4. The van der Waals surface area contributed by atoms with Crippen LogP contribution in [0.3, 0.4) is 0 Å². The summed E-state index contributed by atoms with van der Waals surface area (Å²) in [7, 11) is 0. The summed E-state index contributed by atoms with van der Waals surface area (Å²) in [6.07, 6.45) is 0.701. The van der Waals surface area contributed by atoms with Crippen molar-refractivity contribution in [3.8, 4) is 0 Å². The van der Waals surface area contributed by atoms with Crippen LogP contribution in [0.1, 0.15) is 42.9 Å². The van der Waals surface area contributed by atoms with Gasteiger partial charge in [-0.05, 0) is 18.4 Å². The summed E-state index contributed by atoms with van der Waals surface area (Å²) in [5, 5.41) is 21.7. The van der Waals surface area contributed by atoms with Crippen molar-refractivity contribution in [3.63, 3.8) is 0 Å². The molecule has 1 saturated carbocycles. The Labute approximate surface area is 157 Å². The van der Waals surface area contributed by atoms with E-state index in [1.807, 2.05) is 30.3 Å². The number of aromatic nitrogens is 3. The molecule has 3 atom stereocenters. The molecule has 1 heterocycles. The van der Waals surface area contributed by atoms with Crippen molar-refractivity contribution < 1.29 is 19.8 Å². The molecule has 0 aliphatic heterocycles. The molecule has 1 aromatic heterocycles. The second-order valence-corrected chi connectivity index (χ2v) is 6.59. The van der Waals surface area contributed by atoms with Gasteiger partial charge in [0.05, 0.1) is 19.1 Å². The first-order chi connectivity index (χ1) is 12.8. The molecule has 1 aromatic carbocycles.